The number of carbonyl (C=O) groups excluding carboxylic acids is 1. The van der Waals surface area contributed by atoms with Crippen LogP contribution in [0.2, 0.25) is 0 Å². The molecule has 2 amide bonds. The Morgan fingerprint density at radius 3 is 2.61 bits per heavy atom. The number of halogens is 1. The van der Waals surface area contributed by atoms with E-state index in [1.54, 1.807) is 13.0 Å². The van der Waals surface area contributed by atoms with Gasteiger partial charge in [-0.15, -0.1) is 0 Å². The minimum absolute atomic E-state index is 0.0547. The average Bonchev–Trinajstić information content (AvgIpc) is 2.78. The molecule has 7 nitrogen and oxygen atoms in total. The number of piperidine rings is 1. The molecule has 1 aromatic rings. The summed E-state index contributed by atoms with van der Waals surface area (Å²) in [5.41, 5.74) is 1.81. The van der Waals surface area contributed by atoms with E-state index in [9.17, 15) is 14.0 Å². The SMILES string of the molecule is C[C@H](CO)NC(=O)C1CC=C(c2ccc(OCC3CCN(C(=O)O)CC3)c(F)c2)CC1. The third-order valence-corrected chi connectivity index (χ3v) is 6.11. The Morgan fingerprint density at radius 2 is 2.03 bits per heavy atom. The van der Waals surface area contributed by atoms with Crippen LogP contribution in [0.25, 0.3) is 5.57 Å². The zero-order valence-electron chi connectivity index (χ0n) is 17.8. The molecule has 1 aliphatic carbocycles. The van der Waals surface area contributed by atoms with E-state index in [2.05, 4.69) is 5.32 Å². The third-order valence-electron chi connectivity index (χ3n) is 6.11. The molecule has 1 aromatic carbocycles. The van der Waals surface area contributed by atoms with E-state index in [0.717, 1.165) is 11.1 Å². The highest BCUT2D eigenvalue weighted by Crippen LogP contribution is 2.32. The van der Waals surface area contributed by atoms with Crippen LogP contribution in [0.1, 0.15) is 44.6 Å². The first-order valence-corrected chi connectivity index (χ1v) is 10.9. The topological polar surface area (TPSA) is 99.1 Å². The highest BCUT2D eigenvalue weighted by atomic mass is 19.1. The van der Waals surface area contributed by atoms with Gasteiger partial charge in [0.1, 0.15) is 0 Å². The van der Waals surface area contributed by atoms with Gasteiger partial charge in [0.15, 0.2) is 11.6 Å². The van der Waals surface area contributed by atoms with Gasteiger partial charge in [-0.25, -0.2) is 9.18 Å². The molecule has 31 heavy (non-hydrogen) atoms. The number of nitrogens with zero attached hydrogens (tertiary/aromatic N) is 1. The summed E-state index contributed by atoms with van der Waals surface area (Å²) in [5.74, 6) is -0.180. The Kier molecular flexibility index (Phi) is 7.90. The van der Waals surface area contributed by atoms with Crippen molar-refractivity contribution in [1.29, 1.82) is 0 Å². The first-order chi connectivity index (χ1) is 14.9. The maximum Gasteiger partial charge on any atom is 0.407 e. The van der Waals surface area contributed by atoms with Gasteiger partial charge in [0.25, 0.3) is 0 Å². The van der Waals surface area contributed by atoms with Gasteiger partial charge in [-0.1, -0.05) is 12.1 Å². The number of benzene rings is 1. The van der Waals surface area contributed by atoms with Crippen LogP contribution in [0.3, 0.4) is 0 Å². The van der Waals surface area contributed by atoms with Gasteiger partial charge in [0.2, 0.25) is 5.91 Å². The lowest BCUT2D eigenvalue weighted by Crippen LogP contribution is -2.39. The third kappa shape index (κ3) is 6.19. The molecule has 8 heteroatoms. The number of ether oxygens (including phenoxy) is 1. The number of carboxylic acid groups (broad SMARTS) is 1. The number of hydrogen-bond donors (Lipinski definition) is 3. The number of allylic oxidation sites excluding steroid dienone is 2. The quantitative estimate of drug-likeness (QED) is 0.612. The van der Waals surface area contributed by atoms with Crippen LogP contribution < -0.4 is 10.1 Å². The molecule has 2 atom stereocenters. The number of rotatable bonds is 7. The van der Waals surface area contributed by atoms with Gasteiger partial charge < -0.3 is 25.2 Å². The van der Waals surface area contributed by atoms with Gasteiger partial charge >= 0.3 is 6.09 Å². The predicted molar refractivity (Wildman–Crippen MR) is 114 cm³/mol. The van der Waals surface area contributed by atoms with E-state index in [1.807, 2.05) is 12.1 Å². The monoisotopic (exact) mass is 434 g/mol. The molecule has 1 heterocycles. The van der Waals surface area contributed by atoms with Crippen LogP contribution in [0, 0.1) is 17.7 Å². The highest BCUT2D eigenvalue weighted by molar-refractivity contribution is 5.80. The lowest BCUT2D eigenvalue weighted by atomic mass is 9.86. The van der Waals surface area contributed by atoms with Crippen LogP contribution in [0.4, 0.5) is 9.18 Å². The lowest BCUT2D eigenvalue weighted by Gasteiger charge is -2.29. The minimum Gasteiger partial charge on any atom is -0.490 e. The molecule has 0 spiro atoms. The Hall–Kier alpha value is -2.61. The van der Waals surface area contributed by atoms with E-state index < -0.39 is 11.9 Å². The molecule has 1 unspecified atom stereocenters. The van der Waals surface area contributed by atoms with Crippen molar-refractivity contribution in [1.82, 2.24) is 10.2 Å². The largest absolute Gasteiger partial charge is 0.490 e. The lowest BCUT2D eigenvalue weighted by molar-refractivity contribution is -0.126. The molecule has 170 valence electrons. The van der Waals surface area contributed by atoms with Crippen molar-refractivity contribution in [3.8, 4) is 5.75 Å². The summed E-state index contributed by atoms with van der Waals surface area (Å²) >= 11 is 0. The average molecular weight is 435 g/mol. The fraction of sp³-hybridized carbons (Fsp3) is 0.565. The van der Waals surface area contributed by atoms with Crippen molar-refractivity contribution in [2.75, 3.05) is 26.3 Å². The molecule has 1 saturated heterocycles. The zero-order valence-corrected chi connectivity index (χ0v) is 17.8. The summed E-state index contributed by atoms with van der Waals surface area (Å²) in [4.78, 5) is 24.6. The van der Waals surface area contributed by atoms with Crippen LogP contribution in [-0.2, 0) is 4.79 Å². The standard InChI is InChI=1S/C23H31FN2O5/c1-15(13-27)25-22(28)18-4-2-17(3-5-18)19-6-7-21(20(24)12-19)31-14-16-8-10-26(11-9-16)23(29)30/h2,6-7,12,15-16,18,27H,3-5,8-11,13-14H2,1H3,(H,25,28)(H,29,30)/t15-,18?/m1/s1. The summed E-state index contributed by atoms with van der Waals surface area (Å²) in [6.45, 7) is 3.01. The van der Waals surface area contributed by atoms with Crippen molar-refractivity contribution < 1.29 is 28.9 Å². The Bertz CT molecular complexity index is 820. The number of aliphatic hydroxyl groups excluding tert-OH is 1. The molecule has 0 saturated carbocycles. The fourth-order valence-corrected chi connectivity index (χ4v) is 4.06. The van der Waals surface area contributed by atoms with E-state index in [-0.39, 0.29) is 36.1 Å². The number of likely N-dealkylation sites (tertiary alicyclic amines) is 1. The maximum absolute atomic E-state index is 14.6. The van der Waals surface area contributed by atoms with Gasteiger partial charge in [-0.2, -0.15) is 0 Å². The highest BCUT2D eigenvalue weighted by Gasteiger charge is 2.24. The van der Waals surface area contributed by atoms with Gasteiger partial charge in [0.05, 0.1) is 13.2 Å². The fourth-order valence-electron chi connectivity index (χ4n) is 4.06. The number of amides is 2. The molecule has 1 aliphatic heterocycles. The summed E-state index contributed by atoms with van der Waals surface area (Å²) < 4.78 is 20.3. The number of carbonyl (C=O) groups is 2. The predicted octanol–water partition coefficient (Wildman–Crippen LogP) is 3.28. The van der Waals surface area contributed by atoms with E-state index in [0.29, 0.717) is 51.8 Å². The van der Waals surface area contributed by atoms with E-state index in [1.165, 1.54) is 11.0 Å². The smallest absolute Gasteiger partial charge is 0.407 e. The Labute approximate surface area is 181 Å². The summed E-state index contributed by atoms with van der Waals surface area (Å²) in [6.07, 6.45) is 4.48. The molecule has 0 radical (unpaired) electrons. The van der Waals surface area contributed by atoms with Gasteiger partial charge in [-0.3, -0.25) is 4.79 Å². The molecule has 3 rings (SSSR count). The van der Waals surface area contributed by atoms with E-state index >= 15 is 0 Å². The summed E-state index contributed by atoms with van der Waals surface area (Å²) in [7, 11) is 0. The van der Waals surface area contributed by atoms with Crippen LogP contribution in [0.15, 0.2) is 24.3 Å². The summed E-state index contributed by atoms with van der Waals surface area (Å²) in [5, 5.41) is 20.9. The summed E-state index contributed by atoms with van der Waals surface area (Å²) in [6, 6.07) is 4.69. The van der Waals surface area contributed by atoms with Crippen LogP contribution in [-0.4, -0.2) is 59.5 Å². The normalized spacial score (nSPS) is 20.7. The van der Waals surface area contributed by atoms with Crippen molar-refractivity contribution in [2.24, 2.45) is 11.8 Å². The number of aliphatic hydroxyl groups is 1. The zero-order chi connectivity index (χ0) is 22.4. The first-order valence-electron chi connectivity index (χ1n) is 10.9. The van der Waals surface area contributed by atoms with Gasteiger partial charge in [0, 0.05) is 25.0 Å². The molecule has 0 bridgehead atoms. The van der Waals surface area contributed by atoms with Crippen molar-refractivity contribution in [3.05, 3.63) is 35.7 Å². The van der Waals surface area contributed by atoms with E-state index in [4.69, 9.17) is 14.9 Å². The minimum atomic E-state index is -0.898. The molecule has 1 fully saturated rings. The van der Waals surface area contributed by atoms with Crippen LogP contribution in [0.5, 0.6) is 5.75 Å². The second-order valence-corrected chi connectivity index (χ2v) is 8.46. The van der Waals surface area contributed by atoms with Crippen molar-refractivity contribution >= 4 is 17.6 Å². The van der Waals surface area contributed by atoms with Crippen LogP contribution >= 0.6 is 0 Å². The number of nitrogens with one attached hydrogen (secondary N) is 1. The van der Waals surface area contributed by atoms with Crippen molar-refractivity contribution in [3.63, 3.8) is 0 Å². The molecule has 3 N–H and O–H groups in total. The molecule has 2 aliphatic rings. The maximum atomic E-state index is 14.6. The number of hydrogen-bond acceptors (Lipinski definition) is 4. The molecule has 0 aromatic heterocycles. The molecular formula is C23H31FN2O5. The Balaban J connectivity index is 1.52. The molecular weight excluding hydrogens is 403 g/mol. The van der Waals surface area contributed by atoms with Crippen molar-refractivity contribution in [2.45, 2.75) is 45.1 Å². The first kappa shape index (κ1) is 23.1. The van der Waals surface area contributed by atoms with Gasteiger partial charge in [-0.05, 0) is 68.2 Å². The second kappa shape index (κ2) is 10.6. The Morgan fingerprint density at radius 1 is 1.29 bits per heavy atom. The second-order valence-electron chi connectivity index (χ2n) is 8.46.